The van der Waals surface area contributed by atoms with E-state index in [0.29, 0.717) is 11.1 Å². The van der Waals surface area contributed by atoms with Gasteiger partial charge >= 0.3 is 12.1 Å². The largest absolute Gasteiger partial charge is 0.508 e. The first kappa shape index (κ1) is 17.6. The van der Waals surface area contributed by atoms with Crippen LogP contribution >= 0.6 is 0 Å². The first-order valence-electron chi connectivity index (χ1n) is 6.73. The number of aryl methyl sites for hydroxylation is 1. The lowest BCUT2D eigenvalue weighted by Crippen LogP contribution is -2.44. The molecule has 0 radical (unpaired) electrons. The number of carbonyl (C=O) groups excluding carboxylic acids is 1. The molecule has 1 amide bonds. The van der Waals surface area contributed by atoms with Crippen LogP contribution in [0.1, 0.15) is 31.9 Å². The third-order valence-electron chi connectivity index (χ3n) is 2.83. The van der Waals surface area contributed by atoms with E-state index in [-0.39, 0.29) is 17.9 Å². The van der Waals surface area contributed by atoms with Crippen molar-refractivity contribution in [2.24, 2.45) is 0 Å². The van der Waals surface area contributed by atoms with Crippen molar-refractivity contribution in [3.05, 3.63) is 23.3 Å². The summed E-state index contributed by atoms with van der Waals surface area (Å²) in [5.41, 5.74) is 0.111. The van der Waals surface area contributed by atoms with Crippen molar-refractivity contribution in [1.82, 2.24) is 5.32 Å². The molecule has 0 aliphatic heterocycles. The van der Waals surface area contributed by atoms with Gasteiger partial charge in [0.05, 0.1) is 0 Å². The van der Waals surface area contributed by atoms with Crippen molar-refractivity contribution in [3.8, 4) is 11.5 Å². The van der Waals surface area contributed by atoms with E-state index in [1.807, 2.05) is 0 Å². The minimum atomic E-state index is -1.26. The number of amides is 1. The highest BCUT2D eigenvalue weighted by atomic mass is 16.6. The highest BCUT2D eigenvalue weighted by molar-refractivity contribution is 5.80. The summed E-state index contributed by atoms with van der Waals surface area (Å²) in [6.07, 6.45) is -0.984. The molecule has 0 fully saturated rings. The second kappa shape index (κ2) is 6.55. The number of rotatable bonds is 4. The number of aromatic hydroxyl groups is 2. The van der Waals surface area contributed by atoms with E-state index in [0.717, 1.165) is 6.07 Å². The summed E-state index contributed by atoms with van der Waals surface area (Å²) in [5.74, 6) is -1.60. The number of phenols is 2. The van der Waals surface area contributed by atoms with Crippen LogP contribution in [0.15, 0.2) is 12.1 Å². The molecule has 7 nitrogen and oxygen atoms in total. The Kier molecular flexibility index (Phi) is 5.24. The zero-order valence-electron chi connectivity index (χ0n) is 13.0. The normalized spacial score (nSPS) is 12.5. The lowest BCUT2D eigenvalue weighted by molar-refractivity contribution is -0.139. The van der Waals surface area contributed by atoms with Crippen LogP contribution in [0.3, 0.4) is 0 Å². The van der Waals surface area contributed by atoms with Crippen LogP contribution < -0.4 is 5.32 Å². The molecule has 22 heavy (non-hydrogen) atoms. The van der Waals surface area contributed by atoms with Crippen molar-refractivity contribution < 1.29 is 29.6 Å². The Labute approximate surface area is 128 Å². The topological polar surface area (TPSA) is 116 Å². The Hall–Kier alpha value is -2.44. The molecule has 0 saturated heterocycles. The lowest BCUT2D eigenvalue weighted by atomic mass is 9.99. The van der Waals surface area contributed by atoms with Gasteiger partial charge in [0.25, 0.3) is 0 Å². The molecule has 1 aromatic rings. The van der Waals surface area contributed by atoms with Gasteiger partial charge in [-0.3, -0.25) is 0 Å². The van der Waals surface area contributed by atoms with Crippen molar-refractivity contribution in [3.63, 3.8) is 0 Å². The predicted octanol–water partition coefficient (Wildman–Crippen LogP) is 1.93. The molecule has 0 saturated carbocycles. The number of benzene rings is 1. The molecule has 1 atom stereocenters. The Morgan fingerprint density at radius 1 is 1.27 bits per heavy atom. The Balaban J connectivity index is 2.90. The summed E-state index contributed by atoms with van der Waals surface area (Å²) >= 11 is 0. The molecule has 1 aromatic carbocycles. The number of hydrogen-bond donors (Lipinski definition) is 4. The lowest BCUT2D eigenvalue weighted by Gasteiger charge is -2.22. The number of carbonyl (C=O) groups is 2. The van der Waals surface area contributed by atoms with E-state index >= 15 is 0 Å². The number of carboxylic acids is 1. The number of aliphatic carboxylic acids is 1. The summed E-state index contributed by atoms with van der Waals surface area (Å²) in [5, 5.41) is 30.7. The monoisotopic (exact) mass is 311 g/mol. The Bertz CT molecular complexity index is 553. The summed E-state index contributed by atoms with van der Waals surface area (Å²) in [6.45, 7) is 6.62. The van der Waals surface area contributed by atoms with Gasteiger partial charge < -0.3 is 25.4 Å². The fraction of sp³-hybridized carbons (Fsp3) is 0.467. The molecule has 7 heteroatoms. The molecule has 0 heterocycles. The molecule has 0 aliphatic carbocycles. The van der Waals surface area contributed by atoms with Gasteiger partial charge in [-0.05, 0) is 44.9 Å². The fourth-order valence-electron chi connectivity index (χ4n) is 1.90. The van der Waals surface area contributed by atoms with E-state index in [4.69, 9.17) is 4.74 Å². The summed E-state index contributed by atoms with van der Waals surface area (Å²) < 4.78 is 5.02. The maximum atomic E-state index is 11.7. The molecule has 1 unspecified atom stereocenters. The standard InChI is InChI=1S/C15H21NO6/c1-8-5-9(17)6-12(18)10(8)7-11(13(19)20)16-14(21)22-15(2,3)4/h5-6,11,17-18H,7H2,1-4H3,(H,16,21)(H,19,20). The second-order valence-electron chi connectivity index (χ2n) is 6.00. The summed E-state index contributed by atoms with van der Waals surface area (Å²) in [4.78, 5) is 23.0. The van der Waals surface area contributed by atoms with Gasteiger partial charge in [-0.2, -0.15) is 0 Å². The van der Waals surface area contributed by atoms with Crippen LogP contribution in [0.4, 0.5) is 4.79 Å². The minimum Gasteiger partial charge on any atom is -0.508 e. The van der Waals surface area contributed by atoms with Gasteiger partial charge in [0.2, 0.25) is 0 Å². The van der Waals surface area contributed by atoms with E-state index in [1.54, 1.807) is 27.7 Å². The number of phenolic OH excluding ortho intramolecular Hbond substituents is 2. The van der Waals surface area contributed by atoms with Crippen molar-refractivity contribution in [2.45, 2.75) is 45.8 Å². The molecule has 0 bridgehead atoms. The van der Waals surface area contributed by atoms with Crippen molar-refractivity contribution in [2.75, 3.05) is 0 Å². The number of nitrogens with one attached hydrogen (secondary N) is 1. The quantitative estimate of drug-likeness (QED) is 0.675. The molecule has 0 aromatic heterocycles. The van der Waals surface area contributed by atoms with Crippen molar-refractivity contribution in [1.29, 1.82) is 0 Å². The highest BCUT2D eigenvalue weighted by Crippen LogP contribution is 2.27. The maximum absolute atomic E-state index is 11.7. The van der Waals surface area contributed by atoms with Gasteiger partial charge in [-0.15, -0.1) is 0 Å². The van der Waals surface area contributed by atoms with Crippen LogP contribution in [-0.2, 0) is 16.0 Å². The van der Waals surface area contributed by atoms with Crippen LogP contribution in [0.25, 0.3) is 0 Å². The molecular weight excluding hydrogens is 290 g/mol. The first-order valence-corrected chi connectivity index (χ1v) is 6.73. The average Bonchev–Trinajstić information content (AvgIpc) is 2.29. The Morgan fingerprint density at radius 3 is 2.32 bits per heavy atom. The zero-order chi connectivity index (χ0) is 17.1. The molecule has 4 N–H and O–H groups in total. The van der Waals surface area contributed by atoms with Crippen LogP contribution in [0, 0.1) is 6.92 Å². The first-order chi connectivity index (χ1) is 9.99. The van der Waals surface area contributed by atoms with Crippen LogP contribution in [0.2, 0.25) is 0 Å². The molecular formula is C15H21NO6. The average molecular weight is 311 g/mol. The highest BCUT2D eigenvalue weighted by Gasteiger charge is 2.25. The van der Waals surface area contributed by atoms with Crippen LogP contribution in [-0.4, -0.2) is 39.0 Å². The third kappa shape index (κ3) is 5.16. The zero-order valence-corrected chi connectivity index (χ0v) is 13.0. The molecule has 1 rings (SSSR count). The maximum Gasteiger partial charge on any atom is 0.408 e. The van der Waals surface area contributed by atoms with E-state index < -0.39 is 23.7 Å². The van der Waals surface area contributed by atoms with E-state index in [2.05, 4.69) is 5.32 Å². The number of ether oxygens (including phenoxy) is 1. The van der Waals surface area contributed by atoms with E-state index in [9.17, 15) is 24.9 Å². The SMILES string of the molecule is Cc1cc(O)cc(O)c1CC(NC(=O)OC(C)(C)C)C(=O)O. The molecule has 0 spiro atoms. The Morgan fingerprint density at radius 2 is 1.86 bits per heavy atom. The second-order valence-corrected chi connectivity index (χ2v) is 6.00. The number of alkyl carbamates (subject to hydrolysis) is 1. The summed E-state index contributed by atoms with van der Waals surface area (Å²) in [7, 11) is 0. The van der Waals surface area contributed by atoms with Crippen LogP contribution in [0.5, 0.6) is 11.5 Å². The van der Waals surface area contributed by atoms with Crippen molar-refractivity contribution >= 4 is 12.1 Å². The van der Waals surface area contributed by atoms with Gasteiger partial charge in [0.1, 0.15) is 23.1 Å². The number of carboxylic acid groups (broad SMARTS) is 1. The minimum absolute atomic E-state index is 0.120. The van der Waals surface area contributed by atoms with Gasteiger partial charge in [-0.25, -0.2) is 9.59 Å². The summed E-state index contributed by atoms with van der Waals surface area (Å²) in [6, 6.07) is 1.26. The fourth-order valence-corrected chi connectivity index (χ4v) is 1.90. The van der Waals surface area contributed by atoms with Gasteiger partial charge in [-0.1, -0.05) is 0 Å². The predicted molar refractivity (Wildman–Crippen MR) is 79.0 cm³/mol. The molecule has 122 valence electrons. The number of hydrogen-bond acceptors (Lipinski definition) is 5. The van der Waals surface area contributed by atoms with E-state index in [1.165, 1.54) is 6.07 Å². The molecule has 0 aliphatic rings. The third-order valence-corrected chi connectivity index (χ3v) is 2.83. The van der Waals surface area contributed by atoms with Gasteiger partial charge in [0, 0.05) is 12.5 Å². The smallest absolute Gasteiger partial charge is 0.408 e. The van der Waals surface area contributed by atoms with Gasteiger partial charge in [0.15, 0.2) is 0 Å².